The van der Waals surface area contributed by atoms with Crippen LogP contribution < -0.4 is 5.32 Å². The highest BCUT2D eigenvalue weighted by atomic mass is 32.2. The van der Waals surface area contributed by atoms with E-state index in [4.69, 9.17) is 0 Å². The number of halogens is 2. The predicted octanol–water partition coefficient (Wildman–Crippen LogP) is 2.93. The van der Waals surface area contributed by atoms with E-state index >= 15 is 0 Å². The topological polar surface area (TPSA) is 37.8 Å². The molecule has 0 fully saturated rings. The Balaban J connectivity index is 2.30. The second-order valence-corrected chi connectivity index (χ2v) is 4.98. The Bertz CT molecular complexity index is 567. The minimum Gasteiger partial charge on any atom is -0.316 e. The van der Waals surface area contributed by atoms with Crippen molar-refractivity contribution in [2.24, 2.45) is 0 Å². The first kappa shape index (κ1) is 13.9. The van der Waals surface area contributed by atoms with E-state index in [9.17, 15) is 8.78 Å². The lowest BCUT2D eigenvalue weighted by Crippen LogP contribution is -2.06. The minimum atomic E-state index is -0.597. The quantitative estimate of drug-likeness (QED) is 0.874. The van der Waals surface area contributed by atoms with Crippen molar-refractivity contribution in [2.45, 2.75) is 23.5 Å². The number of aromatic nitrogens is 2. The molecule has 0 radical (unpaired) electrons. The van der Waals surface area contributed by atoms with Crippen molar-refractivity contribution in [3.05, 3.63) is 47.3 Å². The van der Waals surface area contributed by atoms with E-state index in [2.05, 4.69) is 15.3 Å². The van der Waals surface area contributed by atoms with Crippen molar-refractivity contribution >= 4 is 11.8 Å². The largest absolute Gasteiger partial charge is 0.316 e. The highest BCUT2D eigenvalue weighted by Crippen LogP contribution is 2.30. The number of nitrogens with zero attached hydrogens (tertiary/aromatic N) is 2. The van der Waals surface area contributed by atoms with Crippen molar-refractivity contribution in [2.75, 3.05) is 7.05 Å². The zero-order chi connectivity index (χ0) is 13.8. The Morgan fingerprint density at radius 1 is 1.26 bits per heavy atom. The number of rotatable bonds is 4. The van der Waals surface area contributed by atoms with Crippen LogP contribution >= 0.6 is 11.8 Å². The number of nitrogens with one attached hydrogen (secondary N) is 1. The Hall–Kier alpha value is -1.53. The number of aryl methyl sites for hydroxylation is 1. The molecule has 1 aromatic carbocycles. The van der Waals surface area contributed by atoms with Gasteiger partial charge in [-0.15, -0.1) is 0 Å². The van der Waals surface area contributed by atoms with Crippen LogP contribution in [0.1, 0.15) is 11.3 Å². The fraction of sp³-hybridized carbons (Fsp3) is 0.231. The summed E-state index contributed by atoms with van der Waals surface area (Å²) < 4.78 is 27.8. The van der Waals surface area contributed by atoms with Crippen LogP contribution in [0.15, 0.2) is 34.4 Å². The van der Waals surface area contributed by atoms with Gasteiger partial charge < -0.3 is 5.32 Å². The van der Waals surface area contributed by atoms with Crippen molar-refractivity contribution < 1.29 is 8.78 Å². The molecule has 3 nitrogen and oxygen atoms in total. The predicted molar refractivity (Wildman–Crippen MR) is 70.0 cm³/mol. The van der Waals surface area contributed by atoms with Crippen LogP contribution in [0.5, 0.6) is 0 Å². The van der Waals surface area contributed by atoms with Crippen LogP contribution in [0.25, 0.3) is 0 Å². The molecule has 0 bridgehead atoms. The highest BCUT2D eigenvalue weighted by molar-refractivity contribution is 7.99. The molecule has 6 heteroatoms. The first-order chi connectivity index (χ1) is 9.10. The van der Waals surface area contributed by atoms with E-state index in [-0.39, 0.29) is 4.90 Å². The van der Waals surface area contributed by atoms with E-state index in [0.717, 1.165) is 17.5 Å². The molecule has 1 heterocycles. The molecule has 0 atom stereocenters. The molecule has 1 aromatic heterocycles. The Labute approximate surface area is 114 Å². The second kappa shape index (κ2) is 6.08. The lowest BCUT2D eigenvalue weighted by molar-refractivity contribution is 0.535. The summed E-state index contributed by atoms with van der Waals surface area (Å²) in [5, 5.41) is 3.18. The van der Waals surface area contributed by atoms with Gasteiger partial charge >= 0.3 is 0 Å². The summed E-state index contributed by atoms with van der Waals surface area (Å²) in [7, 11) is 1.72. The van der Waals surface area contributed by atoms with Gasteiger partial charge in [0.25, 0.3) is 0 Å². The van der Waals surface area contributed by atoms with Crippen LogP contribution in [0.2, 0.25) is 0 Å². The van der Waals surface area contributed by atoms with Gasteiger partial charge in [-0.3, -0.25) is 0 Å². The summed E-state index contributed by atoms with van der Waals surface area (Å²) in [5.74, 6) is -1.19. The number of hydrogen-bond acceptors (Lipinski definition) is 4. The zero-order valence-electron chi connectivity index (χ0n) is 10.6. The molecule has 0 unspecified atom stereocenters. The standard InChI is InChI=1S/C13H13F2N3S/c1-8-3-4-17-13(18-8)19-12-10(14)5-9(7-16-2)6-11(12)15/h3-6,16H,7H2,1-2H3. The third-order valence-corrected chi connectivity index (χ3v) is 3.38. The molecule has 0 aliphatic carbocycles. The van der Waals surface area contributed by atoms with Crippen molar-refractivity contribution in [3.8, 4) is 0 Å². The van der Waals surface area contributed by atoms with Crippen LogP contribution in [0.3, 0.4) is 0 Å². The van der Waals surface area contributed by atoms with Crippen molar-refractivity contribution in [3.63, 3.8) is 0 Å². The van der Waals surface area contributed by atoms with E-state index in [1.807, 2.05) is 0 Å². The Morgan fingerprint density at radius 2 is 1.95 bits per heavy atom. The van der Waals surface area contributed by atoms with E-state index in [1.165, 1.54) is 12.1 Å². The van der Waals surface area contributed by atoms with Crippen molar-refractivity contribution in [1.82, 2.24) is 15.3 Å². The average Bonchev–Trinajstić information content (AvgIpc) is 2.34. The van der Waals surface area contributed by atoms with Crippen LogP contribution in [0, 0.1) is 18.6 Å². The van der Waals surface area contributed by atoms with Gasteiger partial charge in [0.05, 0.1) is 4.90 Å². The molecule has 2 rings (SSSR count). The lowest BCUT2D eigenvalue weighted by Gasteiger charge is -2.07. The van der Waals surface area contributed by atoms with Gasteiger partial charge in [-0.05, 0) is 49.5 Å². The first-order valence-corrected chi connectivity index (χ1v) is 6.52. The van der Waals surface area contributed by atoms with Crippen LogP contribution in [-0.2, 0) is 6.54 Å². The molecular weight excluding hydrogens is 268 g/mol. The third-order valence-electron chi connectivity index (χ3n) is 2.41. The molecule has 19 heavy (non-hydrogen) atoms. The Kier molecular flexibility index (Phi) is 4.44. The summed E-state index contributed by atoms with van der Waals surface area (Å²) in [5.41, 5.74) is 1.32. The fourth-order valence-electron chi connectivity index (χ4n) is 1.58. The molecule has 2 aromatic rings. The molecule has 100 valence electrons. The van der Waals surface area contributed by atoms with Gasteiger partial charge in [-0.25, -0.2) is 18.7 Å². The first-order valence-electron chi connectivity index (χ1n) is 5.70. The van der Waals surface area contributed by atoms with Gasteiger partial charge in [0, 0.05) is 18.4 Å². The Morgan fingerprint density at radius 3 is 2.53 bits per heavy atom. The fourth-order valence-corrected chi connectivity index (χ4v) is 2.38. The van der Waals surface area contributed by atoms with Crippen molar-refractivity contribution in [1.29, 1.82) is 0 Å². The van der Waals surface area contributed by atoms with Crippen LogP contribution in [-0.4, -0.2) is 17.0 Å². The van der Waals surface area contributed by atoms with E-state index < -0.39 is 11.6 Å². The monoisotopic (exact) mass is 281 g/mol. The third kappa shape index (κ3) is 3.48. The maximum Gasteiger partial charge on any atom is 0.192 e. The number of benzene rings is 1. The number of hydrogen-bond donors (Lipinski definition) is 1. The van der Waals surface area contributed by atoms with E-state index in [1.54, 1.807) is 26.2 Å². The summed E-state index contributed by atoms with van der Waals surface area (Å²) in [6.07, 6.45) is 1.57. The van der Waals surface area contributed by atoms with E-state index in [0.29, 0.717) is 17.3 Å². The maximum absolute atomic E-state index is 13.9. The molecule has 0 saturated heterocycles. The summed E-state index contributed by atoms with van der Waals surface area (Å²) in [4.78, 5) is 8.02. The molecule has 0 aliphatic heterocycles. The average molecular weight is 281 g/mol. The maximum atomic E-state index is 13.9. The molecule has 0 spiro atoms. The molecule has 1 N–H and O–H groups in total. The smallest absolute Gasteiger partial charge is 0.192 e. The summed E-state index contributed by atoms with van der Waals surface area (Å²) >= 11 is 0.889. The van der Waals surface area contributed by atoms with Gasteiger partial charge in [0.15, 0.2) is 5.16 Å². The molecule has 0 saturated carbocycles. The van der Waals surface area contributed by atoms with Gasteiger partial charge in [-0.1, -0.05) is 0 Å². The van der Waals surface area contributed by atoms with Gasteiger partial charge in [0.2, 0.25) is 0 Å². The summed E-state index contributed by atoms with van der Waals surface area (Å²) in [6.45, 7) is 2.22. The summed E-state index contributed by atoms with van der Waals surface area (Å²) in [6, 6.07) is 4.36. The second-order valence-electron chi connectivity index (χ2n) is 4.00. The SMILES string of the molecule is CNCc1cc(F)c(Sc2nccc(C)n2)c(F)c1. The lowest BCUT2D eigenvalue weighted by atomic mass is 10.2. The normalized spacial score (nSPS) is 10.7. The zero-order valence-corrected chi connectivity index (χ0v) is 11.4. The van der Waals surface area contributed by atoms with Gasteiger partial charge in [0.1, 0.15) is 11.6 Å². The minimum absolute atomic E-state index is 0.0783. The highest BCUT2D eigenvalue weighted by Gasteiger charge is 2.14. The molecule has 0 aliphatic rings. The van der Waals surface area contributed by atoms with Gasteiger partial charge in [-0.2, -0.15) is 0 Å². The molecule has 0 amide bonds. The van der Waals surface area contributed by atoms with Crippen LogP contribution in [0.4, 0.5) is 8.78 Å². The molecular formula is C13H13F2N3S.